The topological polar surface area (TPSA) is 166 Å². The number of hydrogen-bond acceptors (Lipinski definition) is 10. The number of nitrogens with one attached hydrogen (secondary N) is 1. The molecular formula is C75H93NO9. The molecular weight excluding hydrogens is 1060 g/mol. The Balaban J connectivity index is 0.890. The first kappa shape index (κ1) is 56.1. The first-order valence-corrected chi connectivity index (χ1v) is 34.0. The van der Waals surface area contributed by atoms with E-state index in [2.05, 4.69) is 84.7 Å². The Morgan fingerprint density at radius 3 is 2.38 bits per heavy atom. The van der Waals surface area contributed by atoms with Gasteiger partial charge in [-0.05, 0) is 235 Å². The number of aliphatic hydroxyl groups excluding tert-OH is 2. The molecule has 3 spiro atoms. The standard InChI is InChI=1S/C75H93NO9/c1-44-51-19-18-48(30-51)29-46-12-8-13-47(28-46)32-56-35-55-31-49(17-16-45-10-4-3-5-11-45)38-70(55)42-72(43-78)63-23-27-71-41-69(24-6-7-25-69)26-22-50-14-9-15-53(40-77)57(50)36-62(76-2)58-33-54(65(71)59-37-64(79)85-66(58)59)39-73(71,81)75(63,83)67(80)61-34-52(44)20-21-60(68(70)84-56)74(61,72)82/h3-5,8-15,28,37,43-44,48-49,51-52,54-56,58,60-63,65-68,76-77,80-83H,6-7,16-21,23-25,27,29-36,38-42H2,1-2H3/t44-,48-,49+,51-,52-,54-,55+,56-,58-,60-,61+,62-,63-,65-,66-,67+,68-,70-,71+,72+,73-,74-,75-/m1/s1. The molecule has 17 rings (SSSR count). The van der Waals surface area contributed by atoms with Gasteiger partial charge in [0.15, 0.2) is 0 Å². The molecule has 23 atom stereocenters. The molecule has 0 radical (unpaired) electrons. The summed E-state index contributed by atoms with van der Waals surface area (Å²) in [6.45, 7) is 2.31. The summed E-state index contributed by atoms with van der Waals surface area (Å²) in [5.41, 5.74) is -1.94. The van der Waals surface area contributed by atoms with Crippen LogP contribution in [0.1, 0.15) is 169 Å². The van der Waals surface area contributed by atoms with Crippen molar-refractivity contribution in [3.8, 4) is 11.8 Å². The maximum absolute atomic E-state index is 15.9. The molecule has 85 heavy (non-hydrogen) atoms. The van der Waals surface area contributed by atoms with Crippen molar-refractivity contribution in [1.29, 1.82) is 0 Å². The molecule has 6 N–H and O–H groups in total. The maximum atomic E-state index is 15.9. The summed E-state index contributed by atoms with van der Waals surface area (Å²) in [6, 6.07) is 26.0. The zero-order chi connectivity index (χ0) is 58.0. The third-order valence-electron chi connectivity index (χ3n) is 28.3. The van der Waals surface area contributed by atoms with E-state index in [1.54, 1.807) is 6.08 Å². The Morgan fingerprint density at radius 2 is 1.58 bits per heavy atom. The molecule has 0 unspecified atom stereocenters. The van der Waals surface area contributed by atoms with E-state index in [9.17, 15) is 15.0 Å². The van der Waals surface area contributed by atoms with Crippen molar-refractivity contribution in [3.63, 3.8) is 0 Å². The molecule has 10 heteroatoms. The molecule has 14 aliphatic rings. The number of rotatable bonds is 6. The van der Waals surface area contributed by atoms with Crippen LogP contribution in [0, 0.1) is 105 Å². The first-order chi connectivity index (χ1) is 41.1. The number of likely N-dealkylation sites (N-methyl/N-ethyl adjacent to an activating group) is 1. The lowest BCUT2D eigenvalue weighted by Gasteiger charge is -2.76. The fourth-order valence-corrected chi connectivity index (χ4v) is 25.1. The van der Waals surface area contributed by atoms with Gasteiger partial charge in [0.05, 0.1) is 35.9 Å². The number of benzene rings is 3. The fraction of sp³-hybridized carbons (Fsp3) is 0.680. The molecule has 3 aromatic rings. The number of ether oxygens (including phenoxy) is 2. The summed E-state index contributed by atoms with van der Waals surface area (Å²) in [6.07, 6.45) is 18.8. The minimum Gasteiger partial charge on any atom is -0.454 e. The van der Waals surface area contributed by atoms with Gasteiger partial charge in [0.25, 0.3) is 0 Å². The van der Waals surface area contributed by atoms with Gasteiger partial charge in [0.2, 0.25) is 0 Å². The van der Waals surface area contributed by atoms with Gasteiger partial charge in [-0.15, -0.1) is 0 Å². The zero-order valence-electron chi connectivity index (χ0n) is 50.4. The van der Waals surface area contributed by atoms with E-state index in [0.29, 0.717) is 69.1 Å². The van der Waals surface area contributed by atoms with Crippen molar-refractivity contribution < 1.29 is 44.6 Å². The van der Waals surface area contributed by atoms with Crippen LogP contribution in [0.5, 0.6) is 0 Å². The van der Waals surface area contributed by atoms with Gasteiger partial charge in [-0.2, -0.15) is 0 Å². The molecule has 10 nitrogen and oxygen atoms in total. The third-order valence-corrected chi connectivity index (χ3v) is 28.3. The average molecular weight is 1150 g/mol. The van der Waals surface area contributed by atoms with Crippen molar-refractivity contribution in [3.05, 3.63) is 118 Å². The molecule has 10 fully saturated rings. The van der Waals surface area contributed by atoms with Crippen LogP contribution in [0.15, 0.2) is 84.4 Å². The van der Waals surface area contributed by atoms with Gasteiger partial charge in [0, 0.05) is 57.6 Å². The minimum absolute atomic E-state index is 0.0745. The van der Waals surface area contributed by atoms with Crippen LogP contribution in [0.4, 0.5) is 0 Å². The number of aliphatic hydroxyl groups is 5. The van der Waals surface area contributed by atoms with Crippen LogP contribution < -0.4 is 5.32 Å². The second kappa shape index (κ2) is 20.2. The van der Waals surface area contributed by atoms with Crippen LogP contribution in [0.2, 0.25) is 0 Å². The Hall–Kier alpha value is -4.18. The van der Waals surface area contributed by atoms with Crippen LogP contribution in [-0.4, -0.2) is 92.1 Å². The zero-order valence-corrected chi connectivity index (χ0v) is 50.4. The highest BCUT2D eigenvalue weighted by atomic mass is 16.5. The molecule has 452 valence electrons. The molecule has 1 saturated heterocycles. The van der Waals surface area contributed by atoms with E-state index in [4.69, 9.17) is 9.47 Å². The monoisotopic (exact) mass is 1150 g/mol. The van der Waals surface area contributed by atoms with Gasteiger partial charge >= 0.3 is 5.97 Å². The summed E-state index contributed by atoms with van der Waals surface area (Å²) < 4.78 is 14.4. The molecule has 3 aliphatic heterocycles. The second-order valence-corrected chi connectivity index (χ2v) is 31.5. The van der Waals surface area contributed by atoms with Gasteiger partial charge in [-0.1, -0.05) is 98.3 Å². The van der Waals surface area contributed by atoms with Gasteiger partial charge in [-0.25, -0.2) is 4.79 Å². The molecule has 11 aliphatic carbocycles. The van der Waals surface area contributed by atoms with E-state index < -0.39 is 68.4 Å². The summed E-state index contributed by atoms with van der Waals surface area (Å²) in [4.78, 5) is 30.0. The number of aldehydes is 1. The Kier molecular flexibility index (Phi) is 13.3. The van der Waals surface area contributed by atoms with Crippen LogP contribution in [0.25, 0.3) is 0 Å². The van der Waals surface area contributed by atoms with Crippen LogP contribution in [0.3, 0.4) is 0 Å². The first-order valence-electron chi connectivity index (χ1n) is 34.0. The lowest BCUT2D eigenvalue weighted by molar-refractivity contribution is -0.392. The number of carbonyl (C=O) groups excluding carboxylic acids is 2. The predicted octanol–water partition coefficient (Wildman–Crippen LogP) is 10.4. The molecule has 9 saturated carbocycles. The predicted molar refractivity (Wildman–Crippen MR) is 323 cm³/mol. The summed E-state index contributed by atoms with van der Waals surface area (Å²) in [5, 5.41) is 75.0. The van der Waals surface area contributed by atoms with Crippen molar-refractivity contribution in [2.75, 3.05) is 7.05 Å². The summed E-state index contributed by atoms with van der Waals surface area (Å²) in [5.74, 6) is 6.17. The second-order valence-electron chi connectivity index (χ2n) is 31.5. The largest absolute Gasteiger partial charge is 0.454 e. The third kappa shape index (κ3) is 7.87. The molecule has 0 aromatic heterocycles. The Labute approximate surface area is 504 Å². The normalized spacial score (nSPS) is 47.5. The Morgan fingerprint density at radius 1 is 0.788 bits per heavy atom. The lowest BCUT2D eigenvalue weighted by atomic mass is 9.32. The molecule has 12 bridgehead atoms. The summed E-state index contributed by atoms with van der Waals surface area (Å²) >= 11 is 0. The highest BCUT2D eigenvalue weighted by molar-refractivity contribution is 5.86. The van der Waals surface area contributed by atoms with Gasteiger partial charge in [-0.3, -0.25) is 0 Å². The molecule has 0 amide bonds. The van der Waals surface area contributed by atoms with Crippen molar-refractivity contribution in [2.24, 2.45) is 92.7 Å². The molecule has 3 aromatic carbocycles. The highest BCUT2D eigenvalue weighted by Crippen LogP contribution is 2.81. The van der Waals surface area contributed by atoms with Gasteiger partial charge < -0.3 is 45.1 Å². The minimum atomic E-state index is -2.23. The van der Waals surface area contributed by atoms with E-state index in [0.717, 1.165) is 118 Å². The van der Waals surface area contributed by atoms with E-state index >= 15 is 20.1 Å². The summed E-state index contributed by atoms with van der Waals surface area (Å²) in [7, 11) is 1.96. The van der Waals surface area contributed by atoms with E-state index in [1.807, 2.05) is 19.2 Å². The van der Waals surface area contributed by atoms with E-state index in [-0.39, 0.29) is 72.8 Å². The SMILES string of the molecule is CN[C@@H]1Cc2c(cccc2CO)C#CC2(CCCC2)C[C@]23CC[C@H]4[C@@](O)([C@@H](O)[C@@H]5C[C@H]6CC[C@@H]7[C@H]8O[C@H](Cc9cccc(c9)C[C@H]9CC[C@H](C9)[C@H]6C)C[C@@H]6C[C@H](CCc9ccccc9)C[C@@]68C[C@@]4(C=O)[C@@]75O)[C@@]2(O)C[C@H]2C[C@H]1[C@H]1OC(=O)C=C1[C@@H]23. The van der Waals surface area contributed by atoms with Crippen molar-refractivity contribution >= 4 is 12.3 Å². The number of esters is 1. The maximum Gasteiger partial charge on any atom is 0.331 e. The number of aryl methyl sites for hydroxylation is 1. The van der Waals surface area contributed by atoms with Crippen LogP contribution in [-0.2, 0) is 51.4 Å². The van der Waals surface area contributed by atoms with Gasteiger partial charge in [0.1, 0.15) is 23.6 Å². The average Bonchev–Trinajstić information content (AvgIpc) is 1.63. The highest BCUT2D eigenvalue weighted by Gasteiger charge is 2.88. The smallest absolute Gasteiger partial charge is 0.331 e. The fourth-order valence-electron chi connectivity index (χ4n) is 25.1. The van der Waals surface area contributed by atoms with E-state index in [1.165, 1.54) is 23.1 Å². The number of hydrogen-bond donors (Lipinski definition) is 6. The lowest BCUT2D eigenvalue weighted by Crippen LogP contribution is -2.87. The van der Waals surface area contributed by atoms with Crippen molar-refractivity contribution in [2.45, 2.75) is 215 Å². The number of carbonyl (C=O) groups is 2. The Bertz CT molecular complexity index is 3230. The quantitative estimate of drug-likeness (QED) is 0.0795. The van der Waals surface area contributed by atoms with Crippen molar-refractivity contribution in [1.82, 2.24) is 5.32 Å². The molecule has 3 heterocycles. The number of fused-ring (bicyclic) bond motifs is 11. The van der Waals surface area contributed by atoms with Crippen LogP contribution >= 0.6 is 0 Å².